The lowest BCUT2D eigenvalue weighted by molar-refractivity contribution is -0.154. The van der Waals surface area contributed by atoms with E-state index in [-0.39, 0.29) is 48.2 Å². The molecule has 1 aromatic rings. The first-order chi connectivity index (χ1) is 10.9. The number of carbonyl (C=O) groups is 1. The number of ether oxygens (including phenoxy) is 1. The molecular weight excluding hydrogens is 382 g/mol. The maximum atomic E-state index is 12.7. The van der Waals surface area contributed by atoms with Crippen LogP contribution in [-0.4, -0.2) is 53.7 Å². The lowest BCUT2D eigenvalue weighted by Gasteiger charge is -2.25. The van der Waals surface area contributed by atoms with Crippen LogP contribution in [0.2, 0.25) is 0 Å². The Morgan fingerprint density at radius 1 is 1.28 bits per heavy atom. The first kappa shape index (κ1) is 21.8. The van der Waals surface area contributed by atoms with E-state index in [1.807, 2.05) is 0 Å². The number of nitrogens with zero attached hydrogens (tertiary/aromatic N) is 2. The number of hydrogen-bond donors (Lipinski definition) is 1. The van der Waals surface area contributed by atoms with Crippen molar-refractivity contribution in [2.75, 3.05) is 19.7 Å². The third-order valence-corrected chi connectivity index (χ3v) is 4.18. The van der Waals surface area contributed by atoms with E-state index in [0.717, 1.165) is 19.3 Å². The molecule has 2 aliphatic rings. The summed E-state index contributed by atoms with van der Waals surface area (Å²) in [5.74, 6) is -0.596. The predicted octanol–water partition coefficient (Wildman–Crippen LogP) is 2.83. The maximum absolute atomic E-state index is 12.7. The second-order valence-corrected chi connectivity index (χ2v) is 5.94. The van der Waals surface area contributed by atoms with Crippen LogP contribution < -0.4 is 10.1 Å². The summed E-state index contributed by atoms with van der Waals surface area (Å²) in [6, 6.07) is 3.66. The van der Waals surface area contributed by atoms with Crippen LogP contribution in [0.25, 0.3) is 0 Å². The Kier molecular flexibility index (Phi) is 7.77. The second-order valence-electron chi connectivity index (χ2n) is 5.94. The first-order valence-corrected chi connectivity index (χ1v) is 7.62. The number of alkyl halides is 3. The summed E-state index contributed by atoms with van der Waals surface area (Å²) < 4.78 is 41.7. The zero-order valence-electron chi connectivity index (χ0n) is 13.3. The quantitative estimate of drug-likeness (QED) is 0.845. The van der Waals surface area contributed by atoms with E-state index >= 15 is 0 Å². The SMILES string of the molecule is Cl.Cl.O=C(c1cccnc1OCC(F)(F)F)N1CCC2CCC(C1)N2. The van der Waals surface area contributed by atoms with Crippen LogP contribution in [0.1, 0.15) is 29.6 Å². The lowest BCUT2D eigenvalue weighted by atomic mass is 10.1. The van der Waals surface area contributed by atoms with E-state index in [2.05, 4.69) is 10.3 Å². The average Bonchev–Trinajstić information content (AvgIpc) is 2.83. The number of halogens is 5. The highest BCUT2D eigenvalue weighted by Gasteiger charge is 2.33. The summed E-state index contributed by atoms with van der Waals surface area (Å²) in [5, 5.41) is 3.46. The minimum atomic E-state index is -4.47. The molecule has 10 heteroatoms. The van der Waals surface area contributed by atoms with Gasteiger partial charge in [-0.25, -0.2) is 4.98 Å². The van der Waals surface area contributed by atoms with Gasteiger partial charge in [0.05, 0.1) is 0 Å². The fourth-order valence-corrected chi connectivity index (χ4v) is 3.12. The molecule has 2 saturated heterocycles. The highest BCUT2D eigenvalue weighted by Crippen LogP contribution is 2.25. The zero-order chi connectivity index (χ0) is 16.4. The molecule has 5 nitrogen and oxygen atoms in total. The molecule has 0 saturated carbocycles. The third kappa shape index (κ3) is 5.62. The summed E-state index contributed by atoms with van der Waals surface area (Å²) in [4.78, 5) is 18.1. The summed E-state index contributed by atoms with van der Waals surface area (Å²) in [6.45, 7) is -0.319. The number of nitrogens with one attached hydrogen (secondary N) is 1. The summed E-state index contributed by atoms with van der Waals surface area (Å²) in [7, 11) is 0. The number of fused-ring (bicyclic) bond motifs is 2. The Bertz CT molecular complexity index is 589. The molecule has 2 bridgehead atoms. The summed E-state index contributed by atoms with van der Waals surface area (Å²) in [6.07, 6.45) is -0.183. The smallest absolute Gasteiger partial charge is 0.422 e. The van der Waals surface area contributed by atoms with Crippen molar-refractivity contribution in [3.8, 4) is 5.88 Å². The minimum absolute atomic E-state index is 0. The predicted molar refractivity (Wildman–Crippen MR) is 90.7 cm³/mol. The van der Waals surface area contributed by atoms with Gasteiger partial charge < -0.3 is 15.0 Å². The Morgan fingerprint density at radius 2 is 2.00 bits per heavy atom. The Hall–Kier alpha value is -1.25. The fraction of sp³-hybridized carbons (Fsp3) is 0.600. The molecule has 0 radical (unpaired) electrons. The van der Waals surface area contributed by atoms with E-state index in [9.17, 15) is 18.0 Å². The molecule has 25 heavy (non-hydrogen) atoms. The van der Waals surface area contributed by atoms with Crippen molar-refractivity contribution >= 4 is 30.7 Å². The van der Waals surface area contributed by atoms with Crippen molar-refractivity contribution in [1.82, 2.24) is 15.2 Å². The van der Waals surface area contributed by atoms with Crippen LogP contribution in [0.15, 0.2) is 18.3 Å². The van der Waals surface area contributed by atoms with Gasteiger partial charge >= 0.3 is 6.18 Å². The molecule has 1 aromatic heterocycles. The van der Waals surface area contributed by atoms with Crippen LogP contribution in [0.5, 0.6) is 5.88 Å². The van der Waals surface area contributed by atoms with Crippen molar-refractivity contribution in [3.05, 3.63) is 23.9 Å². The number of aromatic nitrogens is 1. The highest BCUT2D eigenvalue weighted by molar-refractivity contribution is 5.96. The van der Waals surface area contributed by atoms with Gasteiger partial charge in [-0.3, -0.25) is 4.79 Å². The van der Waals surface area contributed by atoms with Gasteiger partial charge in [-0.2, -0.15) is 13.2 Å². The second kappa shape index (κ2) is 8.91. The Labute approximate surface area is 156 Å². The molecule has 2 unspecified atom stereocenters. The van der Waals surface area contributed by atoms with Gasteiger partial charge in [-0.1, -0.05) is 0 Å². The van der Waals surface area contributed by atoms with Crippen molar-refractivity contribution in [3.63, 3.8) is 0 Å². The molecule has 1 amide bonds. The number of rotatable bonds is 3. The van der Waals surface area contributed by atoms with Crippen molar-refractivity contribution < 1.29 is 22.7 Å². The zero-order valence-corrected chi connectivity index (χ0v) is 14.9. The molecule has 3 rings (SSSR count). The van der Waals surface area contributed by atoms with E-state index in [0.29, 0.717) is 19.1 Å². The summed E-state index contributed by atoms with van der Waals surface area (Å²) >= 11 is 0. The molecular formula is C15H20Cl2F3N3O2. The largest absolute Gasteiger partial charge is 0.467 e. The molecule has 0 aliphatic carbocycles. The first-order valence-electron chi connectivity index (χ1n) is 7.62. The van der Waals surface area contributed by atoms with Crippen LogP contribution in [-0.2, 0) is 0 Å². The third-order valence-electron chi connectivity index (χ3n) is 4.18. The van der Waals surface area contributed by atoms with Crippen LogP contribution in [0.4, 0.5) is 13.2 Å². The molecule has 2 aliphatic heterocycles. The summed E-state index contributed by atoms with van der Waals surface area (Å²) in [5.41, 5.74) is 0.0783. The topological polar surface area (TPSA) is 54.5 Å². The lowest BCUT2D eigenvalue weighted by Crippen LogP contribution is -2.39. The molecule has 0 aromatic carbocycles. The molecule has 1 N–H and O–H groups in total. The van der Waals surface area contributed by atoms with Gasteiger partial charge in [0.1, 0.15) is 5.56 Å². The number of likely N-dealkylation sites (tertiary alicyclic amines) is 1. The molecule has 2 atom stereocenters. The van der Waals surface area contributed by atoms with Gasteiger partial charge in [0.15, 0.2) is 6.61 Å². The van der Waals surface area contributed by atoms with Crippen molar-refractivity contribution in [1.29, 1.82) is 0 Å². The van der Waals surface area contributed by atoms with Crippen LogP contribution >= 0.6 is 24.8 Å². The van der Waals surface area contributed by atoms with Gasteiger partial charge in [-0.05, 0) is 31.4 Å². The number of amides is 1. The molecule has 2 fully saturated rings. The van der Waals surface area contributed by atoms with Gasteiger partial charge in [0.2, 0.25) is 5.88 Å². The van der Waals surface area contributed by atoms with E-state index < -0.39 is 12.8 Å². The number of hydrogen-bond acceptors (Lipinski definition) is 4. The van der Waals surface area contributed by atoms with Crippen LogP contribution in [0.3, 0.4) is 0 Å². The monoisotopic (exact) mass is 401 g/mol. The van der Waals surface area contributed by atoms with Crippen molar-refractivity contribution in [2.45, 2.75) is 37.5 Å². The fourth-order valence-electron chi connectivity index (χ4n) is 3.12. The minimum Gasteiger partial charge on any atom is -0.467 e. The molecule has 0 spiro atoms. The average molecular weight is 402 g/mol. The highest BCUT2D eigenvalue weighted by atomic mass is 35.5. The standard InChI is InChI=1S/C15H18F3N3O2.2ClH/c16-15(17,18)9-23-13-12(2-1-6-19-13)14(22)21-7-5-10-3-4-11(8-21)20-10;;/h1-2,6,10-11,20H,3-5,7-9H2;2*1H. The molecule has 3 heterocycles. The maximum Gasteiger partial charge on any atom is 0.422 e. The van der Waals surface area contributed by atoms with Gasteiger partial charge in [0, 0.05) is 31.4 Å². The van der Waals surface area contributed by atoms with Crippen LogP contribution in [0, 0.1) is 0 Å². The van der Waals surface area contributed by atoms with Crippen molar-refractivity contribution in [2.24, 2.45) is 0 Å². The van der Waals surface area contributed by atoms with E-state index in [1.165, 1.54) is 18.3 Å². The normalized spacial score (nSPS) is 22.4. The van der Waals surface area contributed by atoms with Gasteiger partial charge in [-0.15, -0.1) is 24.8 Å². The Balaban J connectivity index is 0.00000156. The molecule has 142 valence electrons. The van der Waals surface area contributed by atoms with Gasteiger partial charge in [0.25, 0.3) is 5.91 Å². The Morgan fingerprint density at radius 3 is 2.72 bits per heavy atom. The van der Waals surface area contributed by atoms with E-state index in [4.69, 9.17) is 4.74 Å². The number of carbonyl (C=O) groups excluding carboxylic acids is 1. The van der Waals surface area contributed by atoms with E-state index in [1.54, 1.807) is 4.90 Å². The number of pyridine rings is 1.